The molecular formula is C15H24N2. The topological polar surface area (TPSA) is 6.48 Å². The molecule has 0 bridgehead atoms. The molecule has 0 aliphatic carbocycles. The lowest BCUT2D eigenvalue weighted by Crippen LogP contribution is -2.19. The highest BCUT2D eigenvalue weighted by molar-refractivity contribution is 5.47. The van der Waals surface area contributed by atoms with Crippen LogP contribution in [0.5, 0.6) is 0 Å². The van der Waals surface area contributed by atoms with Crippen LogP contribution in [0.1, 0.15) is 18.9 Å². The maximum absolute atomic E-state index is 3.94. The Labute approximate surface area is 106 Å². The first kappa shape index (κ1) is 13.8. The van der Waals surface area contributed by atoms with Gasteiger partial charge in [-0.1, -0.05) is 17.7 Å². The molecular weight excluding hydrogens is 208 g/mol. The van der Waals surface area contributed by atoms with E-state index in [0.29, 0.717) is 0 Å². The predicted octanol–water partition coefficient (Wildman–Crippen LogP) is 3.15. The van der Waals surface area contributed by atoms with Crippen LogP contribution in [0, 0.1) is 0 Å². The lowest BCUT2D eigenvalue weighted by atomic mass is 10.1. The van der Waals surface area contributed by atoms with Crippen molar-refractivity contribution < 1.29 is 0 Å². The van der Waals surface area contributed by atoms with Crippen LogP contribution in [-0.4, -0.2) is 32.6 Å². The van der Waals surface area contributed by atoms with Crippen molar-refractivity contribution in [2.75, 3.05) is 32.6 Å². The molecule has 0 atom stereocenters. The highest BCUT2D eigenvalue weighted by Gasteiger charge is 2.02. The summed E-state index contributed by atoms with van der Waals surface area (Å²) in [5, 5.41) is 0. The molecule has 2 heteroatoms. The van der Waals surface area contributed by atoms with E-state index >= 15 is 0 Å². The minimum atomic E-state index is 0.995. The van der Waals surface area contributed by atoms with Crippen molar-refractivity contribution >= 4 is 5.69 Å². The van der Waals surface area contributed by atoms with Gasteiger partial charge in [-0.2, -0.15) is 0 Å². The van der Waals surface area contributed by atoms with E-state index in [9.17, 15) is 0 Å². The van der Waals surface area contributed by atoms with Gasteiger partial charge in [-0.15, -0.1) is 6.58 Å². The van der Waals surface area contributed by atoms with Crippen LogP contribution in [0.3, 0.4) is 0 Å². The number of nitrogens with zero attached hydrogens (tertiary/aromatic N) is 2. The van der Waals surface area contributed by atoms with E-state index in [1.165, 1.54) is 16.8 Å². The molecule has 0 radical (unpaired) electrons. The average Bonchev–Trinajstić information content (AvgIpc) is 2.26. The third-order valence-electron chi connectivity index (χ3n) is 2.80. The molecule has 1 aromatic carbocycles. The SMILES string of the molecule is C=C(C)CCN(C)Cc1cccc(N(C)C)c1. The number of rotatable bonds is 6. The van der Waals surface area contributed by atoms with Crippen molar-refractivity contribution in [3.8, 4) is 0 Å². The van der Waals surface area contributed by atoms with E-state index in [-0.39, 0.29) is 0 Å². The summed E-state index contributed by atoms with van der Waals surface area (Å²) in [6, 6.07) is 8.69. The standard InChI is InChI=1S/C15H24N2/c1-13(2)9-10-17(5)12-14-7-6-8-15(11-14)16(3)4/h6-8,11H,1,9-10,12H2,2-5H3. The zero-order valence-electron chi connectivity index (χ0n) is 11.5. The average molecular weight is 232 g/mol. The number of hydrogen-bond donors (Lipinski definition) is 0. The van der Waals surface area contributed by atoms with E-state index < -0.39 is 0 Å². The molecule has 0 N–H and O–H groups in total. The fraction of sp³-hybridized carbons (Fsp3) is 0.467. The quantitative estimate of drug-likeness (QED) is 0.695. The molecule has 1 rings (SSSR count). The van der Waals surface area contributed by atoms with Crippen LogP contribution in [-0.2, 0) is 6.54 Å². The Morgan fingerprint density at radius 3 is 2.53 bits per heavy atom. The Morgan fingerprint density at radius 2 is 1.94 bits per heavy atom. The van der Waals surface area contributed by atoms with Gasteiger partial charge in [-0.05, 0) is 38.1 Å². The summed E-state index contributed by atoms with van der Waals surface area (Å²) in [6.45, 7) is 8.09. The van der Waals surface area contributed by atoms with Gasteiger partial charge in [0.2, 0.25) is 0 Å². The van der Waals surface area contributed by atoms with Crippen LogP contribution in [0.4, 0.5) is 5.69 Å². The van der Waals surface area contributed by atoms with Crippen molar-refractivity contribution in [3.63, 3.8) is 0 Å². The maximum Gasteiger partial charge on any atom is 0.0364 e. The summed E-state index contributed by atoms with van der Waals surface area (Å²) in [5.41, 5.74) is 3.87. The summed E-state index contributed by atoms with van der Waals surface area (Å²) in [5.74, 6) is 0. The van der Waals surface area contributed by atoms with Gasteiger partial charge in [0.25, 0.3) is 0 Å². The minimum Gasteiger partial charge on any atom is -0.378 e. The first-order valence-electron chi connectivity index (χ1n) is 6.08. The largest absolute Gasteiger partial charge is 0.378 e. The van der Waals surface area contributed by atoms with E-state index in [0.717, 1.165) is 19.5 Å². The summed E-state index contributed by atoms with van der Waals surface area (Å²) >= 11 is 0. The molecule has 0 heterocycles. The van der Waals surface area contributed by atoms with Gasteiger partial charge < -0.3 is 9.80 Å². The molecule has 0 unspecified atom stereocenters. The van der Waals surface area contributed by atoms with Gasteiger partial charge in [0.15, 0.2) is 0 Å². The summed E-state index contributed by atoms with van der Waals surface area (Å²) in [4.78, 5) is 4.47. The highest BCUT2D eigenvalue weighted by atomic mass is 15.1. The Bertz CT molecular complexity index is 369. The van der Waals surface area contributed by atoms with Gasteiger partial charge in [-0.3, -0.25) is 0 Å². The number of anilines is 1. The zero-order valence-corrected chi connectivity index (χ0v) is 11.5. The molecule has 0 amide bonds. The van der Waals surface area contributed by atoms with Crippen molar-refractivity contribution in [3.05, 3.63) is 42.0 Å². The van der Waals surface area contributed by atoms with Crippen molar-refractivity contribution in [2.24, 2.45) is 0 Å². The van der Waals surface area contributed by atoms with Crippen LogP contribution < -0.4 is 4.90 Å². The van der Waals surface area contributed by atoms with E-state index in [1.54, 1.807) is 0 Å². The molecule has 2 nitrogen and oxygen atoms in total. The smallest absolute Gasteiger partial charge is 0.0364 e. The molecule has 0 aliphatic rings. The number of hydrogen-bond acceptors (Lipinski definition) is 2. The second kappa shape index (κ2) is 6.45. The monoisotopic (exact) mass is 232 g/mol. The third kappa shape index (κ3) is 5.05. The van der Waals surface area contributed by atoms with Crippen LogP contribution in [0.2, 0.25) is 0 Å². The van der Waals surface area contributed by atoms with Gasteiger partial charge in [0, 0.05) is 32.9 Å². The van der Waals surface area contributed by atoms with E-state index in [4.69, 9.17) is 0 Å². The Kier molecular flexibility index (Phi) is 5.23. The zero-order chi connectivity index (χ0) is 12.8. The Hall–Kier alpha value is -1.28. The molecule has 94 valence electrons. The summed E-state index contributed by atoms with van der Waals surface area (Å²) < 4.78 is 0. The minimum absolute atomic E-state index is 0.995. The van der Waals surface area contributed by atoms with Gasteiger partial charge >= 0.3 is 0 Å². The Balaban J connectivity index is 2.55. The summed E-state index contributed by atoms with van der Waals surface area (Å²) in [6.07, 6.45) is 1.07. The van der Waals surface area contributed by atoms with Crippen LogP contribution in [0.15, 0.2) is 36.4 Å². The van der Waals surface area contributed by atoms with Gasteiger partial charge in [-0.25, -0.2) is 0 Å². The second-order valence-corrected chi connectivity index (χ2v) is 5.01. The Morgan fingerprint density at radius 1 is 1.24 bits per heavy atom. The van der Waals surface area contributed by atoms with Crippen LogP contribution in [0.25, 0.3) is 0 Å². The fourth-order valence-electron chi connectivity index (χ4n) is 1.71. The molecule has 1 aromatic rings. The molecule has 0 spiro atoms. The van der Waals surface area contributed by atoms with Gasteiger partial charge in [0.05, 0.1) is 0 Å². The lowest BCUT2D eigenvalue weighted by Gasteiger charge is -2.18. The maximum atomic E-state index is 3.94. The molecule has 17 heavy (non-hydrogen) atoms. The van der Waals surface area contributed by atoms with Crippen molar-refractivity contribution in [1.82, 2.24) is 4.90 Å². The van der Waals surface area contributed by atoms with Crippen LogP contribution >= 0.6 is 0 Å². The first-order valence-corrected chi connectivity index (χ1v) is 6.08. The summed E-state index contributed by atoms with van der Waals surface area (Å²) in [7, 11) is 6.30. The normalized spacial score (nSPS) is 10.6. The second-order valence-electron chi connectivity index (χ2n) is 5.01. The highest BCUT2D eigenvalue weighted by Crippen LogP contribution is 2.14. The van der Waals surface area contributed by atoms with E-state index in [1.807, 2.05) is 0 Å². The molecule has 0 saturated heterocycles. The number of benzene rings is 1. The van der Waals surface area contributed by atoms with Gasteiger partial charge in [0.1, 0.15) is 0 Å². The predicted molar refractivity (Wildman–Crippen MR) is 76.5 cm³/mol. The van der Waals surface area contributed by atoms with Crippen molar-refractivity contribution in [1.29, 1.82) is 0 Å². The van der Waals surface area contributed by atoms with E-state index in [2.05, 4.69) is 68.7 Å². The molecule has 0 aliphatic heterocycles. The fourth-order valence-corrected chi connectivity index (χ4v) is 1.71. The molecule has 0 saturated carbocycles. The third-order valence-corrected chi connectivity index (χ3v) is 2.80. The lowest BCUT2D eigenvalue weighted by molar-refractivity contribution is 0.331. The van der Waals surface area contributed by atoms with Crippen molar-refractivity contribution in [2.45, 2.75) is 19.9 Å². The molecule has 0 fully saturated rings. The molecule has 0 aromatic heterocycles. The first-order chi connectivity index (χ1) is 7.99.